The third kappa shape index (κ3) is 45.5. The first-order valence-electron chi connectivity index (χ1n) is 43.6. The summed E-state index contributed by atoms with van der Waals surface area (Å²) in [5.74, 6) is -5.52. The highest BCUT2D eigenvalue weighted by Gasteiger charge is 2.54. The molecule has 1 spiro atoms. The maximum atomic E-state index is 13.4. The monoisotopic (exact) mass is 2010 g/mol. The van der Waals surface area contributed by atoms with E-state index in [1.807, 2.05) is 0 Å². The number of hydroxylamine groups is 1. The zero-order valence-electron chi connectivity index (χ0n) is 76.1. The number of benzene rings is 3. The summed E-state index contributed by atoms with van der Waals surface area (Å²) in [4.78, 5) is 130. The number of aromatic hydroxyl groups is 2. The van der Waals surface area contributed by atoms with Gasteiger partial charge in [0.2, 0.25) is 23.6 Å². The van der Waals surface area contributed by atoms with E-state index in [0.717, 1.165) is 0 Å². The molecule has 2 aliphatic heterocycles. The van der Waals surface area contributed by atoms with Crippen molar-refractivity contribution in [3.05, 3.63) is 94.3 Å². The Bertz CT molecular complexity index is 4390. The number of aromatic nitrogens is 3. The molecule has 15 N–H and O–H groups in total. The summed E-state index contributed by atoms with van der Waals surface area (Å²) in [6.45, 7) is 9.16. The molecule has 135 heavy (non-hydrogen) atoms. The number of aliphatic hydroxyl groups is 2. The summed E-state index contributed by atoms with van der Waals surface area (Å²) in [6, 6.07) is 11.2. The van der Waals surface area contributed by atoms with E-state index in [4.69, 9.17) is 93.9 Å². The van der Waals surface area contributed by atoms with Crippen LogP contribution in [-0.4, -0.2) is 331 Å². The van der Waals surface area contributed by atoms with Crippen LogP contribution in [0.25, 0.3) is 0 Å². The number of hydrogen-bond donors (Lipinski definition) is 15. The fourth-order valence-corrected chi connectivity index (χ4v) is 15.2. The Morgan fingerprint density at radius 3 is 1.44 bits per heavy atom. The topological polar surface area (TPSA) is 667 Å². The standard InChI is InChI=1S/C81H129N9O41P4/c1-58(2)49-65(73(96)77(99)88-102)76(98)86-74(80(3,4)5)78(100)84-20-10-22-90-53-60(87-89-90)55-121-24-18-71(94)82-21-17-72(95)85-61(54-91)56-127-133(105,106)125-47-43-119-39-35-115-31-27-111-25-29-113-33-37-117-41-45-123-132(103,104)124-46-42-118-38-34-114-30-26-112-28-32-116-36-40-120-44-48-126-135(109,110)129-57-128-134(107,108)122-23-9-7-6-8-19-83-75(97)59-11-14-64-68(50-59)81(131-79(64)101)66-15-12-62(92)51-69(66)130-70-52-63(93)13-16-67(70)81/h11-16,50-53,58,61,65,73-74,91-93,96,102H,6-10,17-49,54-57H2,1-5H3,(H,82,94)(H,83,97)(H,84,100)(H,85,95)(H,86,98)(H,88,99)(H,103,104)(H,105,106)(H,107,108)(H,109,110). The normalized spacial score (nSPS) is 15.4. The summed E-state index contributed by atoms with van der Waals surface area (Å²) in [6.07, 6.45) is 2.12. The number of fused-ring (bicyclic) bond motifs is 6. The number of rotatable bonds is 77. The second-order valence-electron chi connectivity index (χ2n) is 31.2. The van der Waals surface area contributed by atoms with Gasteiger partial charge in [-0.3, -0.25) is 74.8 Å². The van der Waals surface area contributed by atoms with Gasteiger partial charge < -0.3 is 128 Å². The van der Waals surface area contributed by atoms with E-state index in [9.17, 15) is 91.8 Å². The van der Waals surface area contributed by atoms with Crippen LogP contribution in [0.4, 0.5) is 0 Å². The number of phosphoric ester groups is 4. The van der Waals surface area contributed by atoms with Gasteiger partial charge in [0.25, 0.3) is 11.8 Å². The quantitative estimate of drug-likeness (QED) is 0.00752. The van der Waals surface area contributed by atoms with Gasteiger partial charge in [0.1, 0.15) is 40.8 Å². The molecule has 50 nitrogen and oxygen atoms in total. The smallest absolute Gasteiger partial charge is 0.474 e. The molecule has 764 valence electrons. The first kappa shape index (κ1) is 116. The zero-order valence-corrected chi connectivity index (χ0v) is 79.7. The van der Waals surface area contributed by atoms with E-state index >= 15 is 0 Å². The molecule has 3 heterocycles. The molecule has 2 aliphatic rings. The Balaban J connectivity index is 0.620. The molecule has 0 aliphatic carbocycles. The largest absolute Gasteiger partial charge is 0.508 e. The van der Waals surface area contributed by atoms with Crippen LogP contribution in [0.15, 0.2) is 60.8 Å². The van der Waals surface area contributed by atoms with Gasteiger partial charge in [-0.05, 0) is 79.5 Å². The fourth-order valence-electron chi connectivity index (χ4n) is 12.5. The van der Waals surface area contributed by atoms with Crippen molar-refractivity contribution < 1.29 is 195 Å². The first-order chi connectivity index (χ1) is 64.5. The molecule has 6 rings (SSSR count). The van der Waals surface area contributed by atoms with Crippen LogP contribution in [0.2, 0.25) is 0 Å². The molecule has 3 aromatic carbocycles. The number of esters is 1. The number of hydrogen-bond acceptors (Lipinski definition) is 39. The van der Waals surface area contributed by atoms with Gasteiger partial charge in [0, 0.05) is 73.4 Å². The van der Waals surface area contributed by atoms with Crippen molar-refractivity contribution in [2.45, 2.75) is 123 Å². The highest BCUT2D eigenvalue weighted by atomic mass is 31.2. The number of phenolic OH excluding ortho intramolecular Hbond substituents is 2. The maximum Gasteiger partial charge on any atom is 0.474 e. The van der Waals surface area contributed by atoms with E-state index in [-0.39, 0.29) is 257 Å². The summed E-state index contributed by atoms with van der Waals surface area (Å²) < 4.78 is 161. The lowest BCUT2D eigenvalue weighted by molar-refractivity contribution is -0.147. The predicted molar refractivity (Wildman–Crippen MR) is 468 cm³/mol. The van der Waals surface area contributed by atoms with Crippen molar-refractivity contribution in [2.75, 3.05) is 211 Å². The molecular formula is C81H129N9O41P4. The SMILES string of the molecule is CC(C)CC(C(=O)NC(C(=O)NCCCn1cc(COCCC(=O)NCCC(=O)NC(CO)COP(=O)(O)OCCOCCOCCOCCOCCOCCOP(=O)(O)OCCOCCOCCOCCOCCOCCOP(=O)(O)OCOP(=O)(O)OCCCCCCNC(=O)c2ccc3c(c2)C2(OC3=O)c3ccc(O)cc3Oc3cc(O)ccc32)nn1)C(C)(C)C)C(O)C(=O)NO. The van der Waals surface area contributed by atoms with Crippen molar-refractivity contribution >= 4 is 72.7 Å². The van der Waals surface area contributed by atoms with Crippen LogP contribution < -0.4 is 36.8 Å². The lowest BCUT2D eigenvalue weighted by atomic mass is 9.77. The molecule has 4 aromatic rings. The maximum absolute atomic E-state index is 13.4. The Hall–Kier alpha value is -7.63. The number of carbonyl (C=O) groups is 7. The summed E-state index contributed by atoms with van der Waals surface area (Å²) in [5, 5.41) is 71.0. The first-order valence-corrected chi connectivity index (χ1v) is 49.5. The van der Waals surface area contributed by atoms with Crippen LogP contribution in [0.5, 0.6) is 23.0 Å². The Morgan fingerprint density at radius 1 is 0.496 bits per heavy atom. The second-order valence-corrected chi connectivity index (χ2v) is 37.0. The van der Waals surface area contributed by atoms with E-state index in [1.165, 1.54) is 41.9 Å². The molecule has 8 atom stereocenters. The number of aryl methyl sites for hydroxylation is 1. The molecule has 1 aromatic heterocycles. The number of phosphoric acid groups is 4. The van der Waals surface area contributed by atoms with Crippen LogP contribution >= 0.6 is 31.3 Å². The van der Waals surface area contributed by atoms with Crippen molar-refractivity contribution in [3.8, 4) is 23.0 Å². The molecule has 0 saturated carbocycles. The van der Waals surface area contributed by atoms with Crippen molar-refractivity contribution in [1.29, 1.82) is 0 Å². The van der Waals surface area contributed by atoms with Crippen LogP contribution in [0, 0.1) is 17.3 Å². The van der Waals surface area contributed by atoms with Gasteiger partial charge in [-0.25, -0.2) is 28.5 Å². The summed E-state index contributed by atoms with van der Waals surface area (Å²) in [5.41, 5.74) is 1.20. The van der Waals surface area contributed by atoms with Crippen LogP contribution in [-0.2, 0) is 154 Å². The highest BCUT2D eigenvalue weighted by Crippen LogP contribution is 2.57. The van der Waals surface area contributed by atoms with E-state index in [0.29, 0.717) is 61.0 Å². The van der Waals surface area contributed by atoms with Crippen molar-refractivity contribution in [1.82, 2.24) is 47.1 Å². The third-order valence-corrected chi connectivity index (χ3v) is 23.0. The van der Waals surface area contributed by atoms with E-state index in [1.54, 1.807) is 63.7 Å². The molecular weight excluding hydrogens is 1880 g/mol. The van der Waals surface area contributed by atoms with Gasteiger partial charge in [-0.2, -0.15) is 0 Å². The van der Waals surface area contributed by atoms with Crippen molar-refractivity contribution in [3.63, 3.8) is 0 Å². The zero-order chi connectivity index (χ0) is 98.6. The number of aliphatic hydroxyl groups excluding tert-OH is 2. The molecule has 8 unspecified atom stereocenters. The summed E-state index contributed by atoms with van der Waals surface area (Å²) in [7, 11) is -18.3. The minimum atomic E-state index is -4.70. The highest BCUT2D eigenvalue weighted by molar-refractivity contribution is 7.48. The van der Waals surface area contributed by atoms with Crippen molar-refractivity contribution in [2.24, 2.45) is 17.3 Å². The lowest BCUT2D eigenvalue weighted by Crippen LogP contribution is -2.56. The third-order valence-electron chi connectivity index (χ3n) is 19.1. The number of nitrogens with zero attached hydrogens (tertiary/aromatic N) is 3. The molecule has 0 fully saturated rings. The number of phenols is 2. The molecule has 0 bridgehead atoms. The number of ether oxygens (including phenoxy) is 13. The molecule has 54 heteroatoms. The van der Waals surface area contributed by atoms with Gasteiger partial charge in [-0.1, -0.05) is 52.7 Å². The van der Waals surface area contributed by atoms with Gasteiger partial charge in [-0.15, -0.1) is 5.10 Å². The van der Waals surface area contributed by atoms with Crippen LogP contribution in [0.3, 0.4) is 0 Å². The predicted octanol–water partition coefficient (Wildman–Crippen LogP) is 3.36. The Morgan fingerprint density at radius 2 is 0.963 bits per heavy atom. The number of carbonyl (C=O) groups excluding carboxylic acids is 7. The number of nitrogens with one attached hydrogen (secondary N) is 6. The average Bonchev–Trinajstić information content (AvgIpc) is 1.59. The second kappa shape index (κ2) is 62.4. The van der Waals surface area contributed by atoms with E-state index in [2.05, 4.69) is 45.9 Å². The molecule has 0 radical (unpaired) electrons. The molecule has 6 amide bonds. The van der Waals surface area contributed by atoms with Gasteiger partial charge in [0.15, 0.2) is 12.4 Å². The Kier molecular flexibility index (Phi) is 53.7. The minimum absolute atomic E-state index is 0.0109. The van der Waals surface area contributed by atoms with Gasteiger partial charge in [0.05, 0.1) is 215 Å². The van der Waals surface area contributed by atoms with E-state index < -0.39 is 128 Å². The molecule has 0 saturated heterocycles. The average molecular weight is 2010 g/mol. The Labute approximate surface area is 780 Å². The van der Waals surface area contributed by atoms with Crippen LogP contribution in [0.1, 0.15) is 129 Å². The lowest BCUT2D eigenvalue weighted by Gasteiger charge is -2.36. The summed E-state index contributed by atoms with van der Waals surface area (Å²) >= 11 is 0. The number of amides is 6. The fraction of sp³-hybridized carbons (Fsp3) is 0.667. The minimum Gasteiger partial charge on any atom is -0.508 e. The number of unbranched alkanes of at least 4 members (excludes halogenated alkanes) is 3. The van der Waals surface area contributed by atoms with Gasteiger partial charge >= 0.3 is 37.3 Å².